The van der Waals surface area contributed by atoms with E-state index < -0.39 is 0 Å². The van der Waals surface area contributed by atoms with E-state index >= 15 is 0 Å². The number of hydrogen-bond acceptors (Lipinski definition) is 4. The van der Waals surface area contributed by atoms with Gasteiger partial charge in [0.15, 0.2) is 5.43 Å². The van der Waals surface area contributed by atoms with E-state index in [1.807, 2.05) is 37.3 Å². The summed E-state index contributed by atoms with van der Waals surface area (Å²) in [6, 6.07) is 12.0. The van der Waals surface area contributed by atoms with Crippen LogP contribution in [0.1, 0.15) is 24.0 Å². The van der Waals surface area contributed by atoms with Gasteiger partial charge in [0.1, 0.15) is 0 Å². The fourth-order valence-electron chi connectivity index (χ4n) is 4.11. The van der Waals surface area contributed by atoms with Gasteiger partial charge in [-0.2, -0.15) is 0 Å². The number of nitrogens with zero attached hydrogens (tertiary/aromatic N) is 2. The molecular formula is C23H30N2O3. The van der Waals surface area contributed by atoms with Crippen molar-refractivity contribution in [3.8, 4) is 0 Å². The molecular weight excluding hydrogens is 352 g/mol. The van der Waals surface area contributed by atoms with Gasteiger partial charge in [0, 0.05) is 30.4 Å². The SMILES string of the molecule is Cc1cc(C)c2c(c1)c(=O)c1ccccc1n2CCCCN(CCO)CCO. The van der Waals surface area contributed by atoms with Crippen LogP contribution in [0, 0.1) is 13.8 Å². The van der Waals surface area contributed by atoms with Crippen LogP contribution in [-0.4, -0.2) is 52.5 Å². The third kappa shape index (κ3) is 4.27. The van der Waals surface area contributed by atoms with Crippen LogP contribution in [0.3, 0.4) is 0 Å². The predicted octanol–water partition coefficient (Wildman–Crippen LogP) is 2.84. The number of benzene rings is 2. The molecule has 150 valence electrons. The summed E-state index contributed by atoms with van der Waals surface area (Å²) >= 11 is 0. The minimum absolute atomic E-state index is 0.103. The van der Waals surface area contributed by atoms with Crippen molar-refractivity contribution in [2.24, 2.45) is 0 Å². The van der Waals surface area contributed by atoms with E-state index in [2.05, 4.69) is 22.5 Å². The fraction of sp³-hybridized carbons (Fsp3) is 0.435. The highest BCUT2D eigenvalue weighted by Gasteiger charge is 2.13. The molecule has 0 radical (unpaired) electrons. The summed E-state index contributed by atoms with van der Waals surface area (Å²) in [5.74, 6) is 0. The molecule has 2 N–H and O–H groups in total. The molecule has 5 heteroatoms. The lowest BCUT2D eigenvalue weighted by molar-refractivity contribution is 0.159. The highest BCUT2D eigenvalue weighted by molar-refractivity contribution is 5.95. The third-order valence-corrected chi connectivity index (χ3v) is 5.34. The topological polar surface area (TPSA) is 65.7 Å². The Balaban J connectivity index is 1.93. The van der Waals surface area contributed by atoms with Crippen LogP contribution in [0.2, 0.25) is 0 Å². The standard InChI is InChI=1S/C23H30N2O3/c1-17-15-18(2)22-20(16-17)23(28)19-7-3-4-8-21(19)25(22)10-6-5-9-24(11-13-26)12-14-27/h3-4,7-8,15-16,26-27H,5-6,9-14H2,1-2H3. The van der Waals surface area contributed by atoms with Crippen molar-refractivity contribution in [2.45, 2.75) is 33.2 Å². The third-order valence-electron chi connectivity index (χ3n) is 5.34. The minimum Gasteiger partial charge on any atom is -0.395 e. The van der Waals surface area contributed by atoms with Crippen molar-refractivity contribution >= 4 is 21.8 Å². The molecule has 0 aliphatic carbocycles. The van der Waals surface area contributed by atoms with Crippen LogP contribution in [0.15, 0.2) is 41.2 Å². The second-order valence-corrected chi connectivity index (χ2v) is 7.47. The summed E-state index contributed by atoms with van der Waals surface area (Å²) in [4.78, 5) is 15.1. The van der Waals surface area contributed by atoms with Crippen molar-refractivity contribution in [3.63, 3.8) is 0 Å². The summed E-state index contributed by atoms with van der Waals surface area (Å²) in [5, 5.41) is 19.9. The molecule has 0 saturated heterocycles. The molecule has 1 aromatic heterocycles. The van der Waals surface area contributed by atoms with Crippen LogP contribution in [0.25, 0.3) is 21.8 Å². The largest absolute Gasteiger partial charge is 0.395 e. The van der Waals surface area contributed by atoms with Crippen molar-refractivity contribution in [1.29, 1.82) is 0 Å². The number of aliphatic hydroxyl groups excluding tert-OH is 2. The molecule has 0 aliphatic heterocycles. The number of pyridine rings is 1. The number of fused-ring (bicyclic) bond motifs is 2. The molecule has 0 fully saturated rings. The second kappa shape index (κ2) is 9.32. The van der Waals surface area contributed by atoms with Crippen LogP contribution >= 0.6 is 0 Å². The van der Waals surface area contributed by atoms with Gasteiger partial charge in [-0.25, -0.2) is 0 Å². The maximum absolute atomic E-state index is 13.0. The van der Waals surface area contributed by atoms with E-state index in [1.54, 1.807) is 0 Å². The van der Waals surface area contributed by atoms with Crippen molar-refractivity contribution < 1.29 is 10.2 Å². The molecule has 1 heterocycles. The molecule has 0 saturated carbocycles. The lowest BCUT2D eigenvalue weighted by atomic mass is 10.0. The number of rotatable bonds is 9. The van der Waals surface area contributed by atoms with Crippen LogP contribution in [0.4, 0.5) is 0 Å². The monoisotopic (exact) mass is 382 g/mol. The summed E-state index contributed by atoms with van der Waals surface area (Å²) in [5.41, 5.74) is 4.34. The van der Waals surface area contributed by atoms with Crippen molar-refractivity contribution in [1.82, 2.24) is 9.47 Å². The molecule has 2 aromatic carbocycles. The molecule has 0 aliphatic rings. The predicted molar refractivity (Wildman–Crippen MR) is 115 cm³/mol. The first kappa shape index (κ1) is 20.5. The van der Waals surface area contributed by atoms with Crippen LogP contribution in [0.5, 0.6) is 0 Å². The first-order valence-corrected chi connectivity index (χ1v) is 10.0. The Hall–Kier alpha value is -2.21. The molecule has 0 atom stereocenters. The Bertz CT molecular complexity index is 1000. The van der Waals surface area contributed by atoms with Gasteiger partial charge in [0.05, 0.1) is 24.2 Å². The Morgan fingerprint density at radius 3 is 2.36 bits per heavy atom. The van der Waals surface area contributed by atoms with Gasteiger partial charge in [0.2, 0.25) is 0 Å². The van der Waals surface area contributed by atoms with E-state index in [9.17, 15) is 4.79 Å². The van der Waals surface area contributed by atoms with E-state index in [-0.39, 0.29) is 18.6 Å². The van der Waals surface area contributed by atoms with Crippen molar-refractivity contribution in [2.75, 3.05) is 32.8 Å². The molecule has 0 amide bonds. The Labute approximate surface area is 165 Å². The normalized spacial score (nSPS) is 11.8. The molecule has 0 bridgehead atoms. The van der Waals surface area contributed by atoms with Gasteiger partial charge in [-0.05, 0) is 62.6 Å². The first-order chi connectivity index (χ1) is 13.6. The Morgan fingerprint density at radius 1 is 0.929 bits per heavy atom. The van der Waals surface area contributed by atoms with Crippen molar-refractivity contribution in [3.05, 3.63) is 57.7 Å². The lowest BCUT2D eigenvalue weighted by Gasteiger charge is -2.21. The van der Waals surface area contributed by atoms with E-state index in [0.29, 0.717) is 13.1 Å². The number of hydrogen-bond donors (Lipinski definition) is 2. The first-order valence-electron chi connectivity index (χ1n) is 10.0. The highest BCUT2D eigenvalue weighted by atomic mass is 16.3. The van der Waals surface area contributed by atoms with Crippen LogP contribution < -0.4 is 5.43 Å². The number of aromatic nitrogens is 1. The molecule has 0 unspecified atom stereocenters. The van der Waals surface area contributed by atoms with Crippen LogP contribution in [-0.2, 0) is 6.54 Å². The smallest absolute Gasteiger partial charge is 0.197 e. The average molecular weight is 383 g/mol. The highest BCUT2D eigenvalue weighted by Crippen LogP contribution is 2.24. The number of aliphatic hydroxyl groups is 2. The zero-order chi connectivity index (χ0) is 20.1. The van der Waals surface area contributed by atoms with Gasteiger partial charge < -0.3 is 14.8 Å². The molecule has 3 rings (SSSR count). The zero-order valence-corrected chi connectivity index (χ0v) is 16.8. The van der Waals surface area contributed by atoms with Gasteiger partial charge in [0.25, 0.3) is 0 Å². The van der Waals surface area contributed by atoms with Gasteiger partial charge >= 0.3 is 0 Å². The maximum atomic E-state index is 13.0. The zero-order valence-electron chi connectivity index (χ0n) is 16.8. The fourth-order valence-corrected chi connectivity index (χ4v) is 4.11. The second-order valence-electron chi connectivity index (χ2n) is 7.47. The van der Waals surface area contributed by atoms with E-state index in [4.69, 9.17) is 10.2 Å². The average Bonchev–Trinajstić information content (AvgIpc) is 2.68. The molecule has 0 spiro atoms. The summed E-state index contributed by atoms with van der Waals surface area (Å²) < 4.78 is 2.28. The maximum Gasteiger partial charge on any atom is 0.197 e. The van der Waals surface area contributed by atoms with E-state index in [1.165, 1.54) is 0 Å². The lowest BCUT2D eigenvalue weighted by Crippen LogP contribution is -2.31. The van der Waals surface area contributed by atoms with E-state index in [0.717, 1.165) is 58.9 Å². The number of aryl methyl sites for hydroxylation is 3. The summed E-state index contributed by atoms with van der Waals surface area (Å²) in [7, 11) is 0. The number of unbranched alkanes of at least 4 members (excludes halogenated alkanes) is 1. The van der Waals surface area contributed by atoms with Gasteiger partial charge in [-0.1, -0.05) is 18.2 Å². The minimum atomic E-state index is 0.103. The Morgan fingerprint density at radius 2 is 1.64 bits per heavy atom. The molecule has 5 nitrogen and oxygen atoms in total. The summed E-state index contributed by atoms with van der Waals surface area (Å²) in [6.45, 7) is 7.15. The number of para-hydroxylation sites is 1. The van der Waals surface area contributed by atoms with Gasteiger partial charge in [-0.3, -0.25) is 9.69 Å². The molecule has 28 heavy (non-hydrogen) atoms. The summed E-state index contributed by atoms with van der Waals surface area (Å²) in [6.07, 6.45) is 1.93. The Kier molecular flexibility index (Phi) is 6.83. The quantitative estimate of drug-likeness (QED) is 0.441. The molecule has 3 aromatic rings. The van der Waals surface area contributed by atoms with Gasteiger partial charge in [-0.15, -0.1) is 0 Å².